The first-order chi connectivity index (χ1) is 9.20. The summed E-state index contributed by atoms with van der Waals surface area (Å²) in [6.07, 6.45) is 3.25. The molecule has 0 radical (unpaired) electrons. The molecule has 0 amide bonds. The number of pyridine rings is 1. The van der Waals surface area contributed by atoms with Crippen LogP contribution in [0, 0.1) is 27.4 Å². The van der Waals surface area contributed by atoms with Crippen molar-refractivity contribution in [3.8, 4) is 6.07 Å². The third kappa shape index (κ3) is 3.39. The summed E-state index contributed by atoms with van der Waals surface area (Å²) in [5, 5.41) is 22.6. The number of nitrogens with zero attached hydrogens (tertiary/aromatic N) is 3. The highest BCUT2D eigenvalue weighted by Gasteiger charge is 2.18. The lowest BCUT2D eigenvalue weighted by atomic mass is 10.1. The van der Waals surface area contributed by atoms with Gasteiger partial charge in [-0.15, -0.1) is 0 Å². The first-order valence-corrected chi connectivity index (χ1v) is 6.07. The van der Waals surface area contributed by atoms with E-state index >= 15 is 0 Å². The zero-order chi connectivity index (χ0) is 13.7. The van der Waals surface area contributed by atoms with Gasteiger partial charge in [0.25, 0.3) is 0 Å². The summed E-state index contributed by atoms with van der Waals surface area (Å²) in [5.74, 6) is 0.716. The number of rotatable bonds is 5. The summed E-state index contributed by atoms with van der Waals surface area (Å²) in [7, 11) is 0. The molecule has 0 saturated carbocycles. The molecule has 1 aromatic rings. The lowest BCUT2D eigenvalue weighted by Crippen LogP contribution is -2.11. The summed E-state index contributed by atoms with van der Waals surface area (Å²) in [5.41, 5.74) is 0.0168. The zero-order valence-corrected chi connectivity index (χ0v) is 10.3. The third-order valence-electron chi connectivity index (χ3n) is 3.06. The predicted octanol–water partition coefficient (Wildman–Crippen LogP) is 1.70. The largest absolute Gasteiger partial charge is 0.381 e. The average molecular weight is 262 g/mol. The van der Waals surface area contributed by atoms with Gasteiger partial charge in [-0.05, 0) is 18.8 Å². The Labute approximate surface area is 110 Å². The summed E-state index contributed by atoms with van der Waals surface area (Å²) < 4.78 is 5.26. The van der Waals surface area contributed by atoms with E-state index in [1.54, 1.807) is 0 Å². The fraction of sp³-hybridized carbons (Fsp3) is 0.500. The van der Waals surface area contributed by atoms with Gasteiger partial charge in [-0.3, -0.25) is 10.1 Å². The van der Waals surface area contributed by atoms with Gasteiger partial charge in [0.05, 0.1) is 10.5 Å². The van der Waals surface area contributed by atoms with Crippen LogP contribution in [0.3, 0.4) is 0 Å². The quantitative estimate of drug-likeness (QED) is 0.640. The number of nitro groups is 1. The van der Waals surface area contributed by atoms with Crippen molar-refractivity contribution in [2.75, 3.05) is 25.1 Å². The smallest absolute Gasteiger partial charge is 0.312 e. The molecule has 0 bridgehead atoms. The summed E-state index contributed by atoms with van der Waals surface area (Å²) >= 11 is 0. The van der Waals surface area contributed by atoms with Crippen molar-refractivity contribution in [2.45, 2.75) is 12.8 Å². The van der Waals surface area contributed by atoms with Gasteiger partial charge in [0.1, 0.15) is 6.07 Å². The van der Waals surface area contributed by atoms with E-state index in [9.17, 15) is 10.1 Å². The number of hydrogen-bond donors (Lipinski definition) is 1. The predicted molar refractivity (Wildman–Crippen MR) is 67.6 cm³/mol. The van der Waals surface area contributed by atoms with Crippen LogP contribution in [-0.2, 0) is 4.74 Å². The normalized spacial score (nSPS) is 17.9. The van der Waals surface area contributed by atoms with Crippen LogP contribution in [0.5, 0.6) is 0 Å². The minimum Gasteiger partial charge on any atom is -0.381 e. The lowest BCUT2D eigenvalue weighted by Gasteiger charge is -2.09. The Morgan fingerprint density at radius 2 is 2.53 bits per heavy atom. The van der Waals surface area contributed by atoms with Crippen molar-refractivity contribution in [1.29, 1.82) is 5.26 Å². The molecule has 0 aromatic carbocycles. The Morgan fingerprint density at radius 1 is 1.68 bits per heavy atom. The highest BCUT2D eigenvalue weighted by molar-refractivity contribution is 5.58. The van der Waals surface area contributed by atoms with Crippen LogP contribution >= 0.6 is 0 Å². The topological polar surface area (TPSA) is 101 Å². The van der Waals surface area contributed by atoms with Gasteiger partial charge in [-0.1, -0.05) is 0 Å². The minimum absolute atomic E-state index is 0.165. The molecule has 19 heavy (non-hydrogen) atoms. The molecular weight excluding hydrogens is 248 g/mol. The highest BCUT2D eigenvalue weighted by Crippen LogP contribution is 2.23. The summed E-state index contributed by atoms with van der Waals surface area (Å²) in [6.45, 7) is 2.15. The number of anilines is 1. The minimum atomic E-state index is -0.533. The Kier molecular flexibility index (Phi) is 4.26. The number of hydrogen-bond acceptors (Lipinski definition) is 6. The van der Waals surface area contributed by atoms with Crippen molar-refractivity contribution in [3.05, 3.63) is 27.9 Å². The van der Waals surface area contributed by atoms with Crippen LogP contribution in [0.4, 0.5) is 11.5 Å². The van der Waals surface area contributed by atoms with E-state index in [1.807, 2.05) is 6.07 Å². The van der Waals surface area contributed by atoms with E-state index in [0.717, 1.165) is 26.1 Å². The Morgan fingerprint density at radius 3 is 3.16 bits per heavy atom. The molecule has 2 rings (SSSR count). The molecule has 0 spiro atoms. The van der Waals surface area contributed by atoms with Crippen LogP contribution in [-0.4, -0.2) is 29.7 Å². The maximum Gasteiger partial charge on any atom is 0.312 e. The fourth-order valence-corrected chi connectivity index (χ4v) is 2.00. The highest BCUT2D eigenvalue weighted by atomic mass is 16.6. The Bertz CT molecular complexity index is 506. The van der Waals surface area contributed by atoms with Crippen LogP contribution in [0.2, 0.25) is 0 Å². The molecule has 1 atom stereocenters. The molecule has 7 heteroatoms. The number of aromatic nitrogens is 1. The van der Waals surface area contributed by atoms with Gasteiger partial charge in [-0.2, -0.15) is 5.26 Å². The van der Waals surface area contributed by atoms with Gasteiger partial charge in [0.2, 0.25) is 5.82 Å². The van der Waals surface area contributed by atoms with Crippen LogP contribution in [0.15, 0.2) is 12.3 Å². The van der Waals surface area contributed by atoms with Gasteiger partial charge >= 0.3 is 5.69 Å². The van der Waals surface area contributed by atoms with Gasteiger partial charge in [-0.25, -0.2) is 4.98 Å². The molecule has 100 valence electrons. The van der Waals surface area contributed by atoms with Gasteiger partial charge in [0.15, 0.2) is 0 Å². The lowest BCUT2D eigenvalue weighted by molar-refractivity contribution is -0.384. The second kappa shape index (κ2) is 6.11. The van der Waals surface area contributed by atoms with Crippen LogP contribution in [0.25, 0.3) is 0 Å². The average Bonchev–Trinajstić information content (AvgIpc) is 2.92. The van der Waals surface area contributed by atoms with Crippen molar-refractivity contribution >= 4 is 11.5 Å². The van der Waals surface area contributed by atoms with E-state index in [-0.39, 0.29) is 17.1 Å². The second-order valence-electron chi connectivity index (χ2n) is 4.41. The SMILES string of the molecule is N#Cc1cnc(NCCC2CCOC2)c([N+](=O)[O-])c1. The Hall–Kier alpha value is -2.20. The molecule has 1 fully saturated rings. The van der Waals surface area contributed by atoms with Gasteiger partial charge in [0, 0.05) is 32.0 Å². The van der Waals surface area contributed by atoms with E-state index in [0.29, 0.717) is 12.5 Å². The molecule has 7 nitrogen and oxygen atoms in total. The van der Waals surface area contributed by atoms with Crippen molar-refractivity contribution < 1.29 is 9.66 Å². The number of ether oxygens (including phenoxy) is 1. The second-order valence-corrected chi connectivity index (χ2v) is 4.41. The third-order valence-corrected chi connectivity index (χ3v) is 3.06. The molecule has 1 aliphatic rings. The van der Waals surface area contributed by atoms with E-state index in [4.69, 9.17) is 10.00 Å². The standard InChI is InChI=1S/C12H14N4O3/c13-6-10-5-11(16(17)18)12(15-7-10)14-3-1-9-2-4-19-8-9/h5,7,9H,1-4,8H2,(H,14,15). The zero-order valence-electron chi connectivity index (χ0n) is 10.3. The first kappa shape index (κ1) is 13.2. The molecule has 2 heterocycles. The maximum absolute atomic E-state index is 10.9. The number of nitrogens with one attached hydrogen (secondary N) is 1. The van der Waals surface area contributed by atoms with Crippen molar-refractivity contribution in [3.63, 3.8) is 0 Å². The molecule has 1 aromatic heterocycles. The number of nitriles is 1. The molecule has 1 unspecified atom stereocenters. The molecule has 1 saturated heterocycles. The summed E-state index contributed by atoms with van der Waals surface area (Å²) in [4.78, 5) is 14.3. The fourth-order valence-electron chi connectivity index (χ4n) is 2.00. The maximum atomic E-state index is 10.9. The van der Waals surface area contributed by atoms with Gasteiger partial charge < -0.3 is 10.1 Å². The van der Waals surface area contributed by atoms with Crippen LogP contribution < -0.4 is 5.32 Å². The summed E-state index contributed by atoms with van der Waals surface area (Å²) in [6, 6.07) is 3.07. The molecule has 1 N–H and O–H groups in total. The Balaban J connectivity index is 1.98. The first-order valence-electron chi connectivity index (χ1n) is 6.07. The molecule has 1 aliphatic heterocycles. The molecular formula is C12H14N4O3. The van der Waals surface area contributed by atoms with Crippen molar-refractivity contribution in [1.82, 2.24) is 4.98 Å². The monoisotopic (exact) mass is 262 g/mol. The van der Waals surface area contributed by atoms with E-state index < -0.39 is 4.92 Å². The van der Waals surface area contributed by atoms with Crippen LogP contribution in [0.1, 0.15) is 18.4 Å². The molecule has 0 aliphatic carbocycles. The van der Waals surface area contributed by atoms with E-state index in [2.05, 4.69) is 10.3 Å². The van der Waals surface area contributed by atoms with Crippen molar-refractivity contribution in [2.24, 2.45) is 5.92 Å². The van der Waals surface area contributed by atoms with E-state index in [1.165, 1.54) is 12.3 Å².